The normalized spacial score (nSPS) is 40.2. The predicted molar refractivity (Wildman–Crippen MR) is 52.2 cm³/mol. The van der Waals surface area contributed by atoms with Gasteiger partial charge in [-0.2, -0.15) is 0 Å². The molecule has 1 unspecified atom stereocenters. The molecule has 1 saturated heterocycles. The monoisotopic (exact) mass is 236 g/mol. The van der Waals surface area contributed by atoms with Crippen molar-refractivity contribution in [2.45, 2.75) is 44.0 Å². The Balaban J connectivity index is 2.63. The number of aliphatic hydroxyl groups excluding tert-OH is 4. The molecule has 0 aromatic carbocycles. The van der Waals surface area contributed by atoms with E-state index in [0.717, 1.165) is 0 Å². The van der Waals surface area contributed by atoms with Gasteiger partial charge in [0.15, 0.2) is 6.29 Å². The number of hydrogen-bond acceptors (Lipinski definition) is 6. The molecule has 94 valence electrons. The number of rotatable bonds is 3. The smallest absolute Gasteiger partial charge is 0.220 e. The van der Waals surface area contributed by atoms with Crippen molar-refractivity contribution < 1.29 is 31.3 Å². The topological polar surface area (TPSA) is 119 Å². The molecular formula is C9H17NO6. The fourth-order valence-corrected chi connectivity index (χ4v) is 1.51. The molecule has 1 fully saturated rings. The molecule has 0 saturated carbocycles. The first-order valence-corrected chi connectivity index (χ1v) is 4.90. The van der Waals surface area contributed by atoms with Crippen LogP contribution in [0.15, 0.2) is 0 Å². The van der Waals surface area contributed by atoms with E-state index < -0.39 is 43.2 Å². The van der Waals surface area contributed by atoms with Gasteiger partial charge in [0.2, 0.25) is 5.91 Å². The van der Waals surface area contributed by atoms with E-state index in [9.17, 15) is 20.1 Å². The van der Waals surface area contributed by atoms with Crippen LogP contribution in [0.5, 0.6) is 0 Å². The second-order valence-electron chi connectivity index (χ2n) is 3.57. The fourth-order valence-electron chi connectivity index (χ4n) is 1.51. The summed E-state index contributed by atoms with van der Waals surface area (Å²) in [5.41, 5.74) is 0. The Morgan fingerprint density at radius 2 is 2.12 bits per heavy atom. The van der Waals surface area contributed by atoms with E-state index in [1.165, 1.54) is 0 Å². The van der Waals surface area contributed by atoms with Crippen molar-refractivity contribution >= 4 is 5.91 Å². The highest BCUT2D eigenvalue weighted by atomic mass is 16.6. The quantitative estimate of drug-likeness (QED) is 0.364. The van der Waals surface area contributed by atoms with Crippen LogP contribution in [-0.2, 0) is 9.53 Å². The van der Waals surface area contributed by atoms with E-state index in [0.29, 0.717) is 0 Å². The summed E-state index contributed by atoms with van der Waals surface area (Å²) in [5, 5.41) is 39.8. The number of hydrogen-bond donors (Lipinski definition) is 5. The van der Waals surface area contributed by atoms with Crippen LogP contribution in [0.2, 0.25) is 0 Å². The SMILES string of the molecule is [2H]CCC(=O)N[C@H]1C(O)O[C@H](CO)[C@@H](O)[C@@H]1O. The zero-order valence-corrected chi connectivity index (χ0v) is 8.61. The van der Waals surface area contributed by atoms with Gasteiger partial charge in [-0.1, -0.05) is 6.90 Å². The highest BCUT2D eigenvalue weighted by Gasteiger charge is 2.44. The molecule has 0 aromatic heterocycles. The van der Waals surface area contributed by atoms with E-state index in [2.05, 4.69) is 5.32 Å². The molecular weight excluding hydrogens is 218 g/mol. The van der Waals surface area contributed by atoms with Crippen molar-refractivity contribution in [1.29, 1.82) is 0 Å². The Kier molecular flexibility index (Phi) is 4.08. The third-order valence-corrected chi connectivity index (χ3v) is 2.45. The van der Waals surface area contributed by atoms with Crippen molar-refractivity contribution in [2.75, 3.05) is 6.61 Å². The minimum atomic E-state index is -1.51. The van der Waals surface area contributed by atoms with Gasteiger partial charge in [-0.15, -0.1) is 0 Å². The lowest BCUT2D eigenvalue weighted by Gasteiger charge is -2.40. The Morgan fingerprint density at radius 1 is 1.44 bits per heavy atom. The van der Waals surface area contributed by atoms with Crippen molar-refractivity contribution in [2.24, 2.45) is 0 Å². The maximum atomic E-state index is 11.2. The Morgan fingerprint density at radius 3 is 2.69 bits per heavy atom. The molecule has 5 N–H and O–H groups in total. The van der Waals surface area contributed by atoms with Gasteiger partial charge < -0.3 is 30.5 Å². The van der Waals surface area contributed by atoms with Crippen LogP contribution < -0.4 is 5.32 Å². The van der Waals surface area contributed by atoms with Crippen LogP contribution >= 0.6 is 0 Å². The maximum absolute atomic E-state index is 11.2. The Bertz CT molecular complexity index is 266. The summed E-state index contributed by atoms with van der Waals surface area (Å²) in [5.74, 6) is -0.527. The molecule has 1 heterocycles. The fraction of sp³-hybridized carbons (Fsp3) is 0.889. The van der Waals surface area contributed by atoms with Gasteiger partial charge in [-0.05, 0) is 0 Å². The Labute approximate surface area is 94.1 Å². The van der Waals surface area contributed by atoms with E-state index in [4.69, 9.17) is 11.2 Å². The first-order valence-electron chi connectivity index (χ1n) is 5.61. The van der Waals surface area contributed by atoms with E-state index in [1.807, 2.05) is 0 Å². The number of carbonyl (C=O) groups is 1. The van der Waals surface area contributed by atoms with Crippen LogP contribution in [0.1, 0.15) is 14.7 Å². The second-order valence-corrected chi connectivity index (χ2v) is 3.57. The van der Waals surface area contributed by atoms with Gasteiger partial charge in [-0.3, -0.25) is 4.79 Å². The number of aliphatic hydroxyl groups is 4. The zero-order valence-electron chi connectivity index (χ0n) is 9.61. The number of nitrogens with one attached hydrogen (secondary N) is 1. The molecule has 1 amide bonds. The van der Waals surface area contributed by atoms with Crippen molar-refractivity contribution in [3.8, 4) is 0 Å². The van der Waals surface area contributed by atoms with Gasteiger partial charge in [0.05, 0.1) is 6.61 Å². The van der Waals surface area contributed by atoms with Crippen LogP contribution in [0.4, 0.5) is 0 Å². The molecule has 0 bridgehead atoms. The van der Waals surface area contributed by atoms with Crippen LogP contribution in [0.25, 0.3) is 0 Å². The standard InChI is InChI=1S/C9H17NO6/c1-2-5(12)10-6-8(14)7(13)4(3-11)16-9(6)15/h4,6-9,11,13-15H,2-3H2,1H3,(H,10,12)/t4-,6-,7-,8-,9?/m1/s1/i1D. The third kappa shape index (κ3) is 2.69. The summed E-state index contributed by atoms with van der Waals surface area (Å²) in [7, 11) is 0. The van der Waals surface area contributed by atoms with Gasteiger partial charge in [0.25, 0.3) is 0 Å². The molecule has 0 aromatic rings. The molecule has 16 heavy (non-hydrogen) atoms. The van der Waals surface area contributed by atoms with Crippen molar-refractivity contribution in [3.05, 3.63) is 0 Å². The van der Waals surface area contributed by atoms with Crippen LogP contribution in [0, 0.1) is 0 Å². The third-order valence-electron chi connectivity index (χ3n) is 2.45. The molecule has 7 nitrogen and oxygen atoms in total. The van der Waals surface area contributed by atoms with Crippen molar-refractivity contribution in [3.63, 3.8) is 0 Å². The Hall–Kier alpha value is -0.730. The average Bonchev–Trinajstić information content (AvgIpc) is 2.29. The molecule has 7 heteroatoms. The number of carbonyl (C=O) groups excluding carboxylic acids is 1. The van der Waals surface area contributed by atoms with Crippen LogP contribution in [0.3, 0.4) is 0 Å². The highest BCUT2D eigenvalue weighted by molar-refractivity contribution is 5.76. The van der Waals surface area contributed by atoms with E-state index in [-0.39, 0.29) is 13.3 Å². The molecule has 0 aliphatic carbocycles. The highest BCUT2D eigenvalue weighted by Crippen LogP contribution is 2.19. The first-order chi connectivity index (χ1) is 8.01. The summed E-state index contributed by atoms with van der Waals surface area (Å²) in [6, 6.07) is -1.17. The van der Waals surface area contributed by atoms with Crippen molar-refractivity contribution in [1.82, 2.24) is 5.32 Å². The zero-order chi connectivity index (χ0) is 13.0. The van der Waals surface area contributed by atoms with E-state index >= 15 is 0 Å². The lowest BCUT2D eigenvalue weighted by Crippen LogP contribution is -2.64. The molecule has 1 rings (SSSR count). The van der Waals surface area contributed by atoms with Gasteiger partial charge >= 0.3 is 0 Å². The summed E-state index contributed by atoms with van der Waals surface area (Å²) in [6.07, 6.45) is -5.52. The van der Waals surface area contributed by atoms with Gasteiger partial charge in [-0.25, -0.2) is 0 Å². The summed E-state index contributed by atoms with van der Waals surface area (Å²) in [6.45, 7) is -0.671. The minimum Gasteiger partial charge on any atom is -0.394 e. The number of ether oxygens (including phenoxy) is 1. The number of amides is 1. The molecule has 1 aliphatic heterocycles. The molecule has 0 spiro atoms. The summed E-state index contributed by atoms with van der Waals surface area (Å²) in [4.78, 5) is 11.2. The van der Waals surface area contributed by atoms with Crippen LogP contribution in [-0.4, -0.2) is 63.6 Å². The maximum Gasteiger partial charge on any atom is 0.220 e. The van der Waals surface area contributed by atoms with E-state index in [1.54, 1.807) is 0 Å². The lowest BCUT2D eigenvalue weighted by atomic mass is 9.97. The minimum absolute atomic E-state index is 0.0739. The largest absolute Gasteiger partial charge is 0.394 e. The molecule has 0 radical (unpaired) electrons. The molecule has 1 aliphatic rings. The summed E-state index contributed by atoms with van der Waals surface area (Å²) >= 11 is 0. The predicted octanol–water partition coefficient (Wildman–Crippen LogP) is -2.69. The summed E-state index contributed by atoms with van der Waals surface area (Å²) < 4.78 is 11.7. The lowest BCUT2D eigenvalue weighted by molar-refractivity contribution is -0.253. The second kappa shape index (κ2) is 5.55. The molecule has 5 atom stereocenters. The average molecular weight is 236 g/mol. The first kappa shape index (κ1) is 11.7. The van der Waals surface area contributed by atoms with Gasteiger partial charge in [0, 0.05) is 7.79 Å². The van der Waals surface area contributed by atoms with Gasteiger partial charge in [0.1, 0.15) is 24.4 Å².